The molecule has 1 fully saturated rings. The molecule has 126 valence electrons. The highest BCUT2D eigenvalue weighted by Gasteiger charge is 2.25. The summed E-state index contributed by atoms with van der Waals surface area (Å²) in [5.41, 5.74) is 1.43. The molecule has 3 rings (SSSR count). The number of amides is 1. The van der Waals surface area contributed by atoms with Crippen LogP contribution in [-0.4, -0.2) is 35.1 Å². The molecule has 1 heterocycles. The van der Waals surface area contributed by atoms with Crippen LogP contribution < -0.4 is 4.74 Å². The molecule has 0 aliphatic carbocycles. The molecule has 5 heteroatoms. The number of hydrogen-bond donors (Lipinski definition) is 1. The number of carbonyl (C=O) groups excluding carboxylic acids is 1. The summed E-state index contributed by atoms with van der Waals surface area (Å²) in [4.78, 5) is 14.5. The number of hydrogen-bond acceptors (Lipinski definition) is 3. The molecule has 0 radical (unpaired) electrons. The molecule has 1 N–H and O–H groups in total. The minimum Gasteiger partial charge on any atom is -0.508 e. The molecule has 2 aromatic rings. The van der Waals surface area contributed by atoms with Crippen LogP contribution in [0.15, 0.2) is 42.5 Å². The Bertz CT molecular complexity index is 722. The molecule has 2 aromatic carbocycles. The number of benzene rings is 2. The molecule has 0 bridgehead atoms. The molecule has 24 heavy (non-hydrogen) atoms. The Hall–Kier alpha value is -2.20. The summed E-state index contributed by atoms with van der Waals surface area (Å²) in [6.07, 6.45) is 1.67. The summed E-state index contributed by atoms with van der Waals surface area (Å²) in [7, 11) is 0. The second-order valence-corrected chi connectivity index (χ2v) is 6.50. The Morgan fingerprint density at radius 3 is 2.50 bits per heavy atom. The lowest BCUT2D eigenvalue weighted by molar-refractivity contribution is 0.0594. The standard InChI is InChI=1S/C19H20ClNO3/c1-13-2-5-15(22)12-18(13)19(23)21-10-8-17(9-11-21)24-16-6-3-14(20)4-7-16/h2-7,12,17,22H,8-11H2,1H3. The van der Waals surface area contributed by atoms with Gasteiger partial charge in [-0.3, -0.25) is 4.79 Å². The van der Waals surface area contributed by atoms with Gasteiger partial charge in [0.05, 0.1) is 0 Å². The maximum atomic E-state index is 12.6. The van der Waals surface area contributed by atoms with Gasteiger partial charge in [-0.2, -0.15) is 0 Å². The van der Waals surface area contributed by atoms with E-state index in [9.17, 15) is 9.90 Å². The Labute approximate surface area is 146 Å². The van der Waals surface area contributed by atoms with Crippen molar-refractivity contribution in [1.29, 1.82) is 0 Å². The fourth-order valence-electron chi connectivity index (χ4n) is 2.89. The van der Waals surface area contributed by atoms with Gasteiger partial charge in [0.25, 0.3) is 5.91 Å². The molecular weight excluding hydrogens is 326 g/mol. The van der Waals surface area contributed by atoms with Crippen LogP contribution >= 0.6 is 11.6 Å². The van der Waals surface area contributed by atoms with Crippen molar-refractivity contribution in [1.82, 2.24) is 4.90 Å². The van der Waals surface area contributed by atoms with Gasteiger partial charge in [-0.25, -0.2) is 0 Å². The third-order valence-electron chi connectivity index (χ3n) is 4.30. The molecule has 0 atom stereocenters. The first-order chi connectivity index (χ1) is 11.5. The van der Waals surface area contributed by atoms with Crippen LogP contribution in [0.5, 0.6) is 11.5 Å². The third kappa shape index (κ3) is 3.82. The predicted octanol–water partition coefficient (Wildman–Crippen LogP) is 4.04. The smallest absolute Gasteiger partial charge is 0.254 e. The van der Waals surface area contributed by atoms with Crippen LogP contribution in [0.2, 0.25) is 5.02 Å². The zero-order chi connectivity index (χ0) is 17.1. The topological polar surface area (TPSA) is 49.8 Å². The van der Waals surface area contributed by atoms with Gasteiger partial charge in [0.2, 0.25) is 0 Å². The first kappa shape index (κ1) is 16.7. The van der Waals surface area contributed by atoms with Crippen molar-refractivity contribution in [2.24, 2.45) is 0 Å². The van der Waals surface area contributed by atoms with Crippen LogP contribution in [0.4, 0.5) is 0 Å². The summed E-state index contributed by atoms with van der Waals surface area (Å²) in [6, 6.07) is 12.2. The Kier molecular flexibility index (Phi) is 4.95. The number of aryl methyl sites for hydroxylation is 1. The van der Waals surface area contributed by atoms with Gasteiger partial charge < -0.3 is 14.7 Å². The Balaban J connectivity index is 1.59. The summed E-state index contributed by atoms with van der Waals surface area (Å²) >= 11 is 5.87. The number of halogens is 1. The number of carbonyl (C=O) groups is 1. The summed E-state index contributed by atoms with van der Waals surface area (Å²) < 4.78 is 5.95. The molecule has 0 aromatic heterocycles. The van der Waals surface area contributed by atoms with Crippen molar-refractivity contribution in [3.05, 3.63) is 58.6 Å². The van der Waals surface area contributed by atoms with Crippen LogP contribution in [0, 0.1) is 6.92 Å². The number of piperidine rings is 1. The van der Waals surface area contributed by atoms with E-state index in [4.69, 9.17) is 16.3 Å². The van der Waals surface area contributed by atoms with E-state index in [0.29, 0.717) is 23.7 Å². The number of phenols is 1. The van der Waals surface area contributed by atoms with Gasteiger partial charge in [-0.15, -0.1) is 0 Å². The molecule has 1 aliphatic rings. The van der Waals surface area contributed by atoms with Crippen molar-refractivity contribution in [2.75, 3.05) is 13.1 Å². The number of rotatable bonds is 3. The van der Waals surface area contributed by atoms with Gasteiger partial charge in [-0.1, -0.05) is 17.7 Å². The Morgan fingerprint density at radius 2 is 1.83 bits per heavy atom. The van der Waals surface area contributed by atoms with E-state index in [2.05, 4.69) is 0 Å². The van der Waals surface area contributed by atoms with Crippen LogP contribution in [0.1, 0.15) is 28.8 Å². The monoisotopic (exact) mass is 345 g/mol. The third-order valence-corrected chi connectivity index (χ3v) is 4.55. The largest absolute Gasteiger partial charge is 0.508 e. The average Bonchev–Trinajstić information content (AvgIpc) is 2.59. The van der Waals surface area contributed by atoms with Crippen molar-refractivity contribution in [3.8, 4) is 11.5 Å². The molecule has 0 spiro atoms. The normalized spacial score (nSPS) is 15.3. The predicted molar refractivity (Wildman–Crippen MR) is 93.8 cm³/mol. The average molecular weight is 346 g/mol. The molecule has 0 unspecified atom stereocenters. The van der Waals surface area contributed by atoms with E-state index in [1.165, 1.54) is 6.07 Å². The van der Waals surface area contributed by atoms with Gasteiger partial charge in [0.15, 0.2) is 0 Å². The second-order valence-electron chi connectivity index (χ2n) is 6.06. The molecular formula is C19H20ClNO3. The van der Waals surface area contributed by atoms with Crippen LogP contribution in [-0.2, 0) is 0 Å². The summed E-state index contributed by atoms with van der Waals surface area (Å²) in [5, 5.41) is 10.3. The van der Waals surface area contributed by atoms with Gasteiger partial charge >= 0.3 is 0 Å². The maximum Gasteiger partial charge on any atom is 0.254 e. The summed E-state index contributed by atoms with van der Waals surface area (Å²) in [6.45, 7) is 3.17. The molecule has 4 nitrogen and oxygen atoms in total. The first-order valence-corrected chi connectivity index (χ1v) is 8.42. The fraction of sp³-hybridized carbons (Fsp3) is 0.316. The Morgan fingerprint density at radius 1 is 1.17 bits per heavy atom. The zero-order valence-electron chi connectivity index (χ0n) is 13.5. The van der Waals surface area contributed by atoms with E-state index in [0.717, 1.165) is 24.2 Å². The van der Waals surface area contributed by atoms with Crippen molar-refractivity contribution in [2.45, 2.75) is 25.9 Å². The fourth-order valence-corrected chi connectivity index (χ4v) is 3.02. The SMILES string of the molecule is Cc1ccc(O)cc1C(=O)N1CCC(Oc2ccc(Cl)cc2)CC1. The lowest BCUT2D eigenvalue weighted by Gasteiger charge is -2.32. The van der Waals surface area contributed by atoms with E-state index in [1.807, 2.05) is 24.0 Å². The number of likely N-dealkylation sites (tertiary alicyclic amines) is 1. The molecule has 1 amide bonds. The minimum absolute atomic E-state index is 0.0339. The lowest BCUT2D eigenvalue weighted by atomic mass is 10.0. The maximum absolute atomic E-state index is 12.6. The quantitative estimate of drug-likeness (QED) is 0.913. The molecule has 1 aliphatic heterocycles. The van der Waals surface area contributed by atoms with Gasteiger partial charge in [-0.05, 0) is 48.9 Å². The van der Waals surface area contributed by atoms with Gasteiger partial charge in [0, 0.05) is 36.5 Å². The highest BCUT2D eigenvalue weighted by molar-refractivity contribution is 6.30. The van der Waals surface area contributed by atoms with Gasteiger partial charge in [0.1, 0.15) is 17.6 Å². The minimum atomic E-state index is -0.0339. The van der Waals surface area contributed by atoms with E-state index >= 15 is 0 Å². The highest BCUT2D eigenvalue weighted by Crippen LogP contribution is 2.23. The van der Waals surface area contributed by atoms with Crippen molar-refractivity contribution < 1.29 is 14.6 Å². The van der Waals surface area contributed by atoms with Crippen molar-refractivity contribution >= 4 is 17.5 Å². The van der Waals surface area contributed by atoms with E-state index in [-0.39, 0.29) is 17.8 Å². The summed E-state index contributed by atoms with van der Waals surface area (Å²) in [5.74, 6) is 0.881. The molecule has 0 saturated carbocycles. The lowest BCUT2D eigenvalue weighted by Crippen LogP contribution is -2.42. The second kappa shape index (κ2) is 7.14. The molecule has 1 saturated heterocycles. The van der Waals surface area contributed by atoms with Crippen LogP contribution in [0.3, 0.4) is 0 Å². The zero-order valence-corrected chi connectivity index (χ0v) is 14.3. The number of phenolic OH excluding ortho intramolecular Hbond substituents is 1. The number of ether oxygens (including phenoxy) is 1. The van der Waals surface area contributed by atoms with Crippen LogP contribution in [0.25, 0.3) is 0 Å². The first-order valence-electron chi connectivity index (χ1n) is 8.04. The van der Waals surface area contributed by atoms with E-state index in [1.54, 1.807) is 24.3 Å². The van der Waals surface area contributed by atoms with Crippen molar-refractivity contribution in [3.63, 3.8) is 0 Å². The highest BCUT2D eigenvalue weighted by atomic mass is 35.5. The number of nitrogens with zero attached hydrogens (tertiary/aromatic N) is 1. The number of aromatic hydroxyl groups is 1. The van der Waals surface area contributed by atoms with E-state index < -0.39 is 0 Å².